The van der Waals surface area contributed by atoms with Crippen molar-refractivity contribution >= 4 is 11.6 Å². The molecule has 3 N–H and O–H groups in total. The number of nitrogens with one attached hydrogen (secondary N) is 2. The van der Waals surface area contributed by atoms with Crippen LogP contribution in [-0.2, 0) is 6.18 Å². The monoisotopic (exact) mass is 306 g/mol. The first kappa shape index (κ1) is 17.5. The molecule has 1 aromatic heterocycles. The number of nitrogens with zero attached hydrogens (tertiary/aromatic N) is 2. The van der Waals surface area contributed by atoms with E-state index in [-0.39, 0.29) is 18.2 Å². The first-order chi connectivity index (χ1) is 9.72. The number of alkyl halides is 3. The van der Waals surface area contributed by atoms with E-state index in [4.69, 9.17) is 0 Å². The molecule has 0 amide bonds. The van der Waals surface area contributed by atoms with Crippen molar-refractivity contribution < 1.29 is 18.3 Å². The summed E-state index contributed by atoms with van der Waals surface area (Å²) in [7, 11) is 0. The normalized spacial score (nSPS) is 13.3. The lowest BCUT2D eigenvalue weighted by atomic mass is 10.1. The largest absolute Gasteiger partial charge is 0.451 e. The highest BCUT2D eigenvalue weighted by atomic mass is 19.4. The van der Waals surface area contributed by atoms with E-state index in [0.29, 0.717) is 18.9 Å². The summed E-state index contributed by atoms with van der Waals surface area (Å²) in [6.07, 6.45) is -4.69. The highest BCUT2D eigenvalue weighted by Crippen LogP contribution is 2.28. The molecule has 1 aromatic rings. The second-order valence-corrected chi connectivity index (χ2v) is 5.15. The molecule has 1 unspecified atom stereocenters. The van der Waals surface area contributed by atoms with Crippen LogP contribution in [0, 0.1) is 5.92 Å². The summed E-state index contributed by atoms with van der Waals surface area (Å²) in [5.41, 5.74) is 0. The first-order valence-electron chi connectivity index (χ1n) is 6.84. The summed E-state index contributed by atoms with van der Waals surface area (Å²) in [6.45, 7) is 6.26. The number of hydrogen-bond donors (Lipinski definition) is 3. The number of aromatic nitrogens is 2. The highest BCUT2D eigenvalue weighted by molar-refractivity contribution is 5.47. The Labute approximate surface area is 122 Å². The number of aliphatic hydroxyl groups is 1. The smallest absolute Gasteiger partial charge is 0.391 e. The van der Waals surface area contributed by atoms with Crippen molar-refractivity contribution in [3.8, 4) is 0 Å². The number of aliphatic hydroxyl groups excluding tert-OH is 1. The summed E-state index contributed by atoms with van der Waals surface area (Å²) in [5, 5.41) is 15.2. The summed E-state index contributed by atoms with van der Waals surface area (Å²) in [4.78, 5) is 6.86. The number of anilines is 2. The molecule has 0 radical (unpaired) electrons. The van der Waals surface area contributed by atoms with E-state index in [9.17, 15) is 18.3 Å². The van der Waals surface area contributed by atoms with Gasteiger partial charge in [0.05, 0.1) is 6.10 Å². The van der Waals surface area contributed by atoms with E-state index in [0.717, 1.165) is 0 Å². The minimum atomic E-state index is -4.61. The van der Waals surface area contributed by atoms with Crippen LogP contribution in [0.4, 0.5) is 24.8 Å². The lowest BCUT2D eigenvalue weighted by molar-refractivity contribution is -0.144. The third-order valence-electron chi connectivity index (χ3n) is 2.60. The number of halogens is 3. The van der Waals surface area contributed by atoms with Crippen molar-refractivity contribution in [3.63, 3.8) is 0 Å². The predicted octanol–water partition coefficient (Wildman–Crippen LogP) is 2.75. The van der Waals surface area contributed by atoms with Crippen LogP contribution in [-0.4, -0.2) is 34.3 Å². The van der Waals surface area contributed by atoms with E-state index < -0.39 is 18.1 Å². The maximum Gasteiger partial charge on any atom is 0.451 e. The standard InChI is InChI=1S/C13H21F3N4O/c1-4-17-10-6-11(18-7-9(21)5-8(2)3)20-12(19-10)13(14,15)16/h6,8-9,21H,4-5,7H2,1-3H3,(H2,17,18,19,20). The molecule has 0 aliphatic heterocycles. The van der Waals surface area contributed by atoms with Gasteiger partial charge in [-0.05, 0) is 19.3 Å². The van der Waals surface area contributed by atoms with E-state index in [2.05, 4.69) is 20.6 Å². The quantitative estimate of drug-likeness (QED) is 0.722. The molecule has 0 saturated carbocycles. The molecule has 1 heterocycles. The average Bonchev–Trinajstić information content (AvgIpc) is 2.35. The molecule has 120 valence electrons. The fourth-order valence-electron chi connectivity index (χ4n) is 1.79. The van der Waals surface area contributed by atoms with Crippen molar-refractivity contribution in [3.05, 3.63) is 11.9 Å². The third-order valence-corrected chi connectivity index (χ3v) is 2.60. The van der Waals surface area contributed by atoms with Crippen molar-refractivity contribution in [2.45, 2.75) is 39.5 Å². The fourth-order valence-corrected chi connectivity index (χ4v) is 1.79. The first-order valence-corrected chi connectivity index (χ1v) is 6.84. The Bertz CT molecular complexity index is 452. The molecule has 8 heteroatoms. The molecule has 0 aliphatic carbocycles. The van der Waals surface area contributed by atoms with Crippen LogP contribution in [0.25, 0.3) is 0 Å². The number of hydrogen-bond acceptors (Lipinski definition) is 5. The molecule has 1 rings (SSSR count). The molecule has 0 spiro atoms. The summed E-state index contributed by atoms with van der Waals surface area (Å²) < 4.78 is 38.2. The molecule has 5 nitrogen and oxygen atoms in total. The zero-order chi connectivity index (χ0) is 16.0. The van der Waals surface area contributed by atoms with Gasteiger partial charge in [0.1, 0.15) is 11.6 Å². The summed E-state index contributed by atoms with van der Waals surface area (Å²) >= 11 is 0. The third kappa shape index (κ3) is 6.16. The van der Waals surface area contributed by atoms with Gasteiger partial charge in [-0.15, -0.1) is 0 Å². The summed E-state index contributed by atoms with van der Waals surface area (Å²) in [5.74, 6) is -0.770. The van der Waals surface area contributed by atoms with Crippen molar-refractivity contribution in [2.75, 3.05) is 23.7 Å². The van der Waals surface area contributed by atoms with Gasteiger partial charge in [0, 0.05) is 19.2 Å². The molecule has 0 aliphatic rings. The molecule has 1 atom stereocenters. The van der Waals surface area contributed by atoms with Crippen LogP contribution in [0.15, 0.2) is 6.07 Å². The SMILES string of the molecule is CCNc1cc(NCC(O)CC(C)C)nc(C(F)(F)F)n1. The van der Waals surface area contributed by atoms with Crippen LogP contribution < -0.4 is 10.6 Å². The fraction of sp³-hybridized carbons (Fsp3) is 0.692. The Balaban J connectivity index is 2.83. The Morgan fingerprint density at radius 3 is 2.24 bits per heavy atom. The molecular formula is C13H21F3N4O. The van der Waals surface area contributed by atoms with E-state index >= 15 is 0 Å². The van der Waals surface area contributed by atoms with Crippen LogP contribution in [0.5, 0.6) is 0 Å². The van der Waals surface area contributed by atoms with Gasteiger partial charge in [0.25, 0.3) is 0 Å². The highest BCUT2D eigenvalue weighted by Gasteiger charge is 2.35. The Kier molecular flexibility index (Phi) is 6.19. The van der Waals surface area contributed by atoms with Crippen LogP contribution in [0.1, 0.15) is 33.0 Å². The van der Waals surface area contributed by atoms with Gasteiger partial charge in [-0.2, -0.15) is 13.2 Å². The summed E-state index contributed by atoms with van der Waals surface area (Å²) in [6, 6.07) is 1.39. The Hall–Kier alpha value is -1.57. The molecule has 0 saturated heterocycles. The van der Waals surface area contributed by atoms with Gasteiger partial charge >= 0.3 is 6.18 Å². The lowest BCUT2D eigenvalue weighted by Gasteiger charge is -2.16. The van der Waals surface area contributed by atoms with Crippen LogP contribution >= 0.6 is 0 Å². The van der Waals surface area contributed by atoms with E-state index in [1.165, 1.54) is 6.07 Å². The Morgan fingerprint density at radius 2 is 1.76 bits per heavy atom. The average molecular weight is 306 g/mol. The van der Waals surface area contributed by atoms with Crippen molar-refractivity contribution in [2.24, 2.45) is 5.92 Å². The van der Waals surface area contributed by atoms with Gasteiger partial charge < -0.3 is 15.7 Å². The van der Waals surface area contributed by atoms with Crippen LogP contribution in [0.2, 0.25) is 0 Å². The minimum Gasteiger partial charge on any atom is -0.391 e. The van der Waals surface area contributed by atoms with Crippen molar-refractivity contribution in [1.29, 1.82) is 0 Å². The topological polar surface area (TPSA) is 70.1 Å². The van der Waals surface area contributed by atoms with E-state index in [1.807, 2.05) is 13.8 Å². The van der Waals surface area contributed by atoms with Gasteiger partial charge in [0.2, 0.25) is 5.82 Å². The maximum absolute atomic E-state index is 12.7. The van der Waals surface area contributed by atoms with E-state index in [1.54, 1.807) is 6.92 Å². The Morgan fingerprint density at radius 1 is 1.19 bits per heavy atom. The minimum absolute atomic E-state index is 0.0380. The number of rotatable bonds is 7. The molecule has 0 aromatic carbocycles. The second-order valence-electron chi connectivity index (χ2n) is 5.15. The zero-order valence-corrected chi connectivity index (χ0v) is 12.3. The maximum atomic E-state index is 12.7. The zero-order valence-electron chi connectivity index (χ0n) is 12.3. The molecule has 0 fully saturated rings. The molecule has 21 heavy (non-hydrogen) atoms. The molecule has 0 bridgehead atoms. The lowest BCUT2D eigenvalue weighted by Crippen LogP contribution is -2.23. The van der Waals surface area contributed by atoms with Crippen molar-refractivity contribution in [1.82, 2.24) is 9.97 Å². The van der Waals surface area contributed by atoms with Gasteiger partial charge in [-0.25, -0.2) is 9.97 Å². The molecular weight excluding hydrogens is 285 g/mol. The second kappa shape index (κ2) is 7.44. The van der Waals surface area contributed by atoms with Crippen LogP contribution in [0.3, 0.4) is 0 Å². The van der Waals surface area contributed by atoms with Gasteiger partial charge in [0.15, 0.2) is 0 Å². The predicted molar refractivity (Wildman–Crippen MR) is 75.1 cm³/mol. The van der Waals surface area contributed by atoms with Gasteiger partial charge in [-0.3, -0.25) is 0 Å². The van der Waals surface area contributed by atoms with Gasteiger partial charge in [-0.1, -0.05) is 13.8 Å².